The summed E-state index contributed by atoms with van der Waals surface area (Å²) >= 11 is 0. The Bertz CT molecular complexity index is 273. The highest BCUT2D eigenvalue weighted by Gasteiger charge is 2.39. The van der Waals surface area contributed by atoms with Crippen molar-refractivity contribution >= 4 is 9.84 Å². The van der Waals surface area contributed by atoms with E-state index in [0.717, 1.165) is 12.8 Å². The average molecular weight is 189 g/mol. The van der Waals surface area contributed by atoms with Crippen molar-refractivity contribution in [3.63, 3.8) is 0 Å². The molecule has 2 aliphatic heterocycles. The van der Waals surface area contributed by atoms with Gasteiger partial charge in [0.1, 0.15) is 0 Å². The molecule has 0 aromatic heterocycles. The summed E-state index contributed by atoms with van der Waals surface area (Å²) in [5.41, 5.74) is 0. The van der Waals surface area contributed by atoms with Crippen molar-refractivity contribution in [1.29, 1.82) is 0 Å². The Labute approximate surface area is 73.5 Å². The predicted molar refractivity (Wildman–Crippen MR) is 47.8 cm³/mol. The molecule has 2 rings (SSSR count). The first-order valence-electron chi connectivity index (χ1n) is 4.53. The third kappa shape index (κ3) is 1.50. The van der Waals surface area contributed by atoms with Gasteiger partial charge in [0.05, 0.1) is 11.5 Å². The summed E-state index contributed by atoms with van der Waals surface area (Å²) in [7, 11) is -2.71. The van der Waals surface area contributed by atoms with Crippen LogP contribution in [0.5, 0.6) is 0 Å². The SMILES string of the molecule is CC1CCC2CS(=O)(=O)CC2N1. The largest absolute Gasteiger partial charge is 0.310 e. The summed E-state index contributed by atoms with van der Waals surface area (Å²) in [6.45, 7) is 2.13. The molecule has 12 heavy (non-hydrogen) atoms. The third-order valence-corrected chi connectivity index (χ3v) is 4.74. The molecular formula is C8H15NO2S. The molecule has 4 heteroatoms. The molecular weight excluding hydrogens is 174 g/mol. The summed E-state index contributed by atoms with van der Waals surface area (Å²) in [4.78, 5) is 0. The first kappa shape index (κ1) is 8.51. The van der Waals surface area contributed by atoms with Crippen LogP contribution in [0.4, 0.5) is 0 Å². The number of nitrogens with one attached hydrogen (secondary N) is 1. The Kier molecular flexibility index (Phi) is 1.92. The molecule has 70 valence electrons. The van der Waals surface area contributed by atoms with E-state index in [2.05, 4.69) is 12.2 Å². The number of hydrogen-bond acceptors (Lipinski definition) is 3. The monoisotopic (exact) mass is 189 g/mol. The zero-order chi connectivity index (χ0) is 8.77. The van der Waals surface area contributed by atoms with Crippen molar-refractivity contribution in [3.05, 3.63) is 0 Å². The number of rotatable bonds is 0. The van der Waals surface area contributed by atoms with Gasteiger partial charge in [-0.05, 0) is 25.7 Å². The van der Waals surface area contributed by atoms with E-state index in [1.54, 1.807) is 0 Å². The van der Waals surface area contributed by atoms with Gasteiger partial charge < -0.3 is 5.32 Å². The van der Waals surface area contributed by atoms with Gasteiger partial charge in [-0.3, -0.25) is 0 Å². The molecule has 0 aliphatic carbocycles. The first-order chi connectivity index (χ1) is 5.57. The molecule has 0 radical (unpaired) electrons. The second-order valence-corrected chi connectivity index (χ2v) is 6.24. The fourth-order valence-electron chi connectivity index (χ4n) is 2.30. The van der Waals surface area contributed by atoms with Crippen molar-refractivity contribution in [3.8, 4) is 0 Å². The highest BCUT2D eigenvalue weighted by Crippen LogP contribution is 2.28. The normalized spacial score (nSPS) is 45.6. The Morgan fingerprint density at radius 1 is 1.25 bits per heavy atom. The van der Waals surface area contributed by atoms with Crippen molar-refractivity contribution in [2.24, 2.45) is 5.92 Å². The van der Waals surface area contributed by atoms with Gasteiger partial charge in [-0.2, -0.15) is 0 Å². The molecule has 1 N–H and O–H groups in total. The Balaban J connectivity index is 2.12. The van der Waals surface area contributed by atoms with Crippen molar-refractivity contribution in [2.45, 2.75) is 31.8 Å². The van der Waals surface area contributed by atoms with Gasteiger partial charge in [0, 0.05) is 12.1 Å². The molecule has 2 fully saturated rings. The van der Waals surface area contributed by atoms with Crippen molar-refractivity contribution in [1.82, 2.24) is 5.32 Å². The van der Waals surface area contributed by atoms with E-state index in [-0.39, 0.29) is 6.04 Å². The van der Waals surface area contributed by atoms with Crippen LogP contribution in [0, 0.1) is 5.92 Å². The van der Waals surface area contributed by atoms with E-state index in [1.807, 2.05) is 0 Å². The summed E-state index contributed by atoms with van der Waals surface area (Å²) in [5, 5.41) is 3.35. The fraction of sp³-hybridized carbons (Fsp3) is 1.00. The lowest BCUT2D eigenvalue weighted by Crippen LogP contribution is -2.45. The highest BCUT2D eigenvalue weighted by molar-refractivity contribution is 7.91. The lowest BCUT2D eigenvalue weighted by molar-refractivity contribution is 0.287. The van der Waals surface area contributed by atoms with Crippen LogP contribution < -0.4 is 5.32 Å². The van der Waals surface area contributed by atoms with Crippen LogP contribution in [-0.2, 0) is 9.84 Å². The smallest absolute Gasteiger partial charge is 0.152 e. The van der Waals surface area contributed by atoms with E-state index in [4.69, 9.17) is 0 Å². The minimum absolute atomic E-state index is 0.249. The predicted octanol–water partition coefficient (Wildman–Crippen LogP) is 0.172. The Hall–Kier alpha value is -0.0900. The topological polar surface area (TPSA) is 46.2 Å². The number of fused-ring (bicyclic) bond motifs is 1. The van der Waals surface area contributed by atoms with Gasteiger partial charge in [0.2, 0.25) is 0 Å². The van der Waals surface area contributed by atoms with Gasteiger partial charge in [-0.1, -0.05) is 0 Å². The average Bonchev–Trinajstić information content (AvgIpc) is 2.21. The molecule has 0 amide bonds. The van der Waals surface area contributed by atoms with Gasteiger partial charge in [-0.15, -0.1) is 0 Å². The van der Waals surface area contributed by atoms with Crippen LogP contribution >= 0.6 is 0 Å². The van der Waals surface area contributed by atoms with E-state index in [1.165, 1.54) is 0 Å². The number of hydrogen-bond donors (Lipinski definition) is 1. The van der Waals surface area contributed by atoms with Gasteiger partial charge >= 0.3 is 0 Å². The van der Waals surface area contributed by atoms with E-state index >= 15 is 0 Å². The van der Waals surface area contributed by atoms with Gasteiger partial charge in [-0.25, -0.2) is 8.42 Å². The number of sulfone groups is 1. The molecule has 2 saturated heterocycles. The van der Waals surface area contributed by atoms with E-state index in [9.17, 15) is 8.42 Å². The van der Waals surface area contributed by atoms with Crippen LogP contribution in [0.1, 0.15) is 19.8 Å². The highest BCUT2D eigenvalue weighted by atomic mass is 32.2. The molecule has 3 unspecified atom stereocenters. The van der Waals surface area contributed by atoms with Gasteiger partial charge in [0.25, 0.3) is 0 Å². The van der Waals surface area contributed by atoms with Crippen LogP contribution in [0.3, 0.4) is 0 Å². The molecule has 0 aromatic rings. The molecule has 0 spiro atoms. The minimum atomic E-state index is -2.71. The van der Waals surface area contributed by atoms with Crippen LogP contribution in [0.15, 0.2) is 0 Å². The zero-order valence-electron chi connectivity index (χ0n) is 7.29. The fourth-order valence-corrected chi connectivity index (χ4v) is 4.40. The molecule has 3 atom stereocenters. The van der Waals surface area contributed by atoms with Crippen LogP contribution in [0.2, 0.25) is 0 Å². The third-order valence-electron chi connectivity index (χ3n) is 2.94. The summed E-state index contributed by atoms with van der Waals surface area (Å²) in [6, 6.07) is 0.748. The second kappa shape index (κ2) is 2.70. The number of piperidine rings is 1. The standard InChI is InChI=1S/C8H15NO2S/c1-6-2-3-7-4-12(10,11)5-8(7)9-6/h6-9H,2-5H2,1H3. The second-order valence-electron chi connectivity index (χ2n) is 4.09. The zero-order valence-corrected chi connectivity index (χ0v) is 8.10. The first-order valence-corrected chi connectivity index (χ1v) is 6.35. The maximum absolute atomic E-state index is 11.3. The van der Waals surface area contributed by atoms with Crippen molar-refractivity contribution < 1.29 is 8.42 Å². The molecule has 2 heterocycles. The molecule has 0 saturated carbocycles. The minimum Gasteiger partial charge on any atom is -0.310 e. The molecule has 0 bridgehead atoms. The maximum Gasteiger partial charge on any atom is 0.152 e. The lowest BCUT2D eigenvalue weighted by atomic mass is 9.91. The van der Waals surface area contributed by atoms with Gasteiger partial charge in [0.15, 0.2) is 9.84 Å². The molecule has 2 aliphatic rings. The molecule has 0 aromatic carbocycles. The van der Waals surface area contributed by atoms with Crippen LogP contribution in [-0.4, -0.2) is 32.0 Å². The Morgan fingerprint density at radius 3 is 2.75 bits per heavy atom. The summed E-state index contributed by atoms with van der Waals surface area (Å²) in [6.07, 6.45) is 2.20. The summed E-state index contributed by atoms with van der Waals surface area (Å²) in [5.74, 6) is 1.17. The van der Waals surface area contributed by atoms with Crippen LogP contribution in [0.25, 0.3) is 0 Å². The summed E-state index contributed by atoms with van der Waals surface area (Å²) < 4.78 is 22.5. The lowest BCUT2D eigenvalue weighted by Gasteiger charge is -2.30. The van der Waals surface area contributed by atoms with E-state index in [0.29, 0.717) is 23.5 Å². The maximum atomic E-state index is 11.3. The quantitative estimate of drug-likeness (QED) is 0.591. The molecule has 3 nitrogen and oxygen atoms in total. The Morgan fingerprint density at radius 2 is 2.00 bits per heavy atom. The van der Waals surface area contributed by atoms with E-state index < -0.39 is 9.84 Å². The van der Waals surface area contributed by atoms with Crippen molar-refractivity contribution in [2.75, 3.05) is 11.5 Å².